The third kappa shape index (κ3) is 1.62. The zero-order valence-corrected chi connectivity index (χ0v) is 6.89. The van der Waals surface area contributed by atoms with Crippen LogP contribution in [0.25, 0.3) is 0 Å². The van der Waals surface area contributed by atoms with Crippen LogP contribution < -0.4 is 5.32 Å². The Morgan fingerprint density at radius 3 is 2.69 bits per heavy atom. The summed E-state index contributed by atoms with van der Waals surface area (Å²) >= 11 is 0. The van der Waals surface area contributed by atoms with E-state index in [9.17, 15) is 8.78 Å². The molecule has 0 bridgehead atoms. The average molecular weight is 185 g/mol. The van der Waals surface area contributed by atoms with Gasteiger partial charge in [0.25, 0.3) is 0 Å². The van der Waals surface area contributed by atoms with Crippen LogP contribution in [0.2, 0.25) is 0 Å². The molecule has 2 nitrogen and oxygen atoms in total. The molecule has 0 unspecified atom stereocenters. The number of halogens is 2. The van der Waals surface area contributed by atoms with Gasteiger partial charge < -0.3 is 10.1 Å². The smallest absolute Gasteiger partial charge is 0.181 e. The lowest BCUT2D eigenvalue weighted by Gasteiger charge is -2.27. The monoisotopic (exact) mass is 185 g/mol. The van der Waals surface area contributed by atoms with Crippen molar-refractivity contribution in [3.05, 3.63) is 29.8 Å². The number of rotatable bonds is 2. The molecule has 1 aliphatic rings. The number of ether oxygens (including phenoxy) is 1. The summed E-state index contributed by atoms with van der Waals surface area (Å²) in [7, 11) is 0. The van der Waals surface area contributed by atoms with Gasteiger partial charge in [-0.2, -0.15) is 0 Å². The van der Waals surface area contributed by atoms with E-state index in [1.807, 2.05) is 0 Å². The Labute approximate surface area is 74.5 Å². The van der Waals surface area contributed by atoms with Crippen molar-refractivity contribution < 1.29 is 13.5 Å². The fraction of sp³-hybridized carbons (Fsp3) is 0.333. The summed E-state index contributed by atoms with van der Waals surface area (Å²) in [5.41, 5.74) is 0.202. The molecule has 0 amide bonds. The molecular formula is C9H9F2NO. The first-order valence-corrected chi connectivity index (χ1v) is 4.05. The van der Waals surface area contributed by atoms with Crippen molar-refractivity contribution in [1.82, 2.24) is 0 Å². The molecule has 0 spiro atoms. The van der Waals surface area contributed by atoms with Gasteiger partial charge in [0.05, 0.1) is 24.9 Å². The maximum Gasteiger partial charge on any atom is 0.181 e. The van der Waals surface area contributed by atoms with Crippen LogP contribution in [0.15, 0.2) is 18.2 Å². The maximum atomic E-state index is 13.0. The quantitative estimate of drug-likeness (QED) is 0.758. The van der Waals surface area contributed by atoms with E-state index in [4.69, 9.17) is 4.74 Å². The summed E-state index contributed by atoms with van der Waals surface area (Å²) in [4.78, 5) is 0. The lowest BCUT2D eigenvalue weighted by molar-refractivity contribution is 0.0209. The number of benzene rings is 1. The standard InChI is InChI=1S/C9H9F2NO/c10-7-2-1-3-8(9(7)11)12-6-4-13-5-6/h1-3,6,12H,4-5H2. The molecule has 1 heterocycles. The highest BCUT2D eigenvalue weighted by atomic mass is 19.2. The van der Waals surface area contributed by atoms with Crippen molar-refractivity contribution in [1.29, 1.82) is 0 Å². The molecule has 0 radical (unpaired) electrons. The fourth-order valence-electron chi connectivity index (χ4n) is 1.15. The molecule has 1 saturated heterocycles. The Balaban J connectivity index is 2.14. The second-order valence-electron chi connectivity index (χ2n) is 2.98. The maximum absolute atomic E-state index is 13.0. The van der Waals surface area contributed by atoms with Gasteiger partial charge in [0, 0.05) is 0 Å². The molecule has 2 rings (SSSR count). The van der Waals surface area contributed by atoms with E-state index in [2.05, 4.69) is 5.32 Å². The summed E-state index contributed by atoms with van der Waals surface area (Å²) in [6.45, 7) is 1.10. The highest BCUT2D eigenvalue weighted by Crippen LogP contribution is 2.19. The highest BCUT2D eigenvalue weighted by molar-refractivity contribution is 5.46. The zero-order chi connectivity index (χ0) is 9.26. The summed E-state index contributed by atoms with van der Waals surface area (Å²) in [6, 6.07) is 4.19. The van der Waals surface area contributed by atoms with Crippen molar-refractivity contribution in [3.63, 3.8) is 0 Å². The average Bonchev–Trinajstić information content (AvgIpc) is 2.04. The summed E-state index contributed by atoms with van der Waals surface area (Å²) in [5.74, 6) is -1.65. The van der Waals surface area contributed by atoms with Crippen LogP contribution in [0.1, 0.15) is 0 Å². The minimum Gasteiger partial charge on any atom is -0.377 e. The van der Waals surface area contributed by atoms with E-state index in [0.29, 0.717) is 13.2 Å². The summed E-state index contributed by atoms with van der Waals surface area (Å²) in [6.07, 6.45) is 0. The Morgan fingerprint density at radius 2 is 2.08 bits per heavy atom. The Kier molecular flexibility index (Phi) is 2.14. The van der Waals surface area contributed by atoms with Gasteiger partial charge in [-0.25, -0.2) is 8.78 Å². The van der Waals surface area contributed by atoms with Crippen LogP contribution in [-0.2, 0) is 4.74 Å². The fourth-order valence-corrected chi connectivity index (χ4v) is 1.15. The molecule has 1 aromatic rings. The van der Waals surface area contributed by atoms with E-state index in [1.165, 1.54) is 12.1 Å². The van der Waals surface area contributed by atoms with E-state index in [0.717, 1.165) is 6.07 Å². The molecule has 1 fully saturated rings. The van der Waals surface area contributed by atoms with Crippen LogP contribution in [0.4, 0.5) is 14.5 Å². The molecular weight excluding hydrogens is 176 g/mol. The lowest BCUT2D eigenvalue weighted by atomic mass is 10.2. The second-order valence-corrected chi connectivity index (χ2v) is 2.98. The number of anilines is 1. The van der Waals surface area contributed by atoms with Gasteiger partial charge in [-0.05, 0) is 12.1 Å². The van der Waals surface area contributed by atoms with Crippen molar-refractivity contribution in [2.45, 2.75) is 6.04 Å². The van der Waals surface area contributed by atoms with Crippen LogP contribution in [0.3, 0.4) is 0 Å². The van der Waals surface area contributed by atoms with Gasteiger partial charge in [-0.3, -0.25) is 0 Å². The van der Waals surface area contributed by atoms with Gasteiger partial charge in [0.1, 0.15) is 0 Å². The molecule has 13 heavy (non-hydrogen) atoms. The molecule has 1 aromatic carbocycles. The molecule has 4 heteroatoms. The minimum absolute atomic E-state index is 0.108. The summed E-state index contributed by atoms with van der Waals surface area (Å²) in [5, 5.41) is 2.85. The van der Waals surface area contributed by atoms with Gasteiger partial charge in [0.2, 0.25) is 0 Å². The molecule has 0 aliphatic carbocycles. The topological polar surface area (TPSA) is 21.3 Å². The predicted molar refractivity (Wildman–Crippen MR) is 44.6 cm³/mol. The minimum atomic E-state index is -0.828. The lowest BCUT2D eigenvalue weighted by Crippen LogP contribution is -2.40. The van der Waals surface area contributed by atoms with Gasteiger partial charge >= 0.3 is 0 Å². The van der Waals surface area contributed by atoms with Crippen LogP contribution in [-0.4, -0.2) is 19.3 Å². The summed E-state index contributed by atoms with van der Waals surface area (Å²) < 4.78 is 30.6. The van der Waals surface area contributed by atoms with Crippen LogP contribution >= 0.6 is 0 Å². The second kappa shape index (κ2) is 3.30. The molecule has 1 N–H and O–H groups in total. The molecule has 0 saturated carbocycles. The Hall–Kier alpha value is -1.16. The van der Waals surface area contributed by atoms with Crippen molar-refractivity contribution in [3.8, 4) is 0 Å². The van der Waals surface area contributed by atoms with Crippen molar-refractivity contribution in [2.24, 2.45) is 0 Å². The van der Waals surface area contributed by atoms with E-state index in [1.54, 1.807) is 0 Å². The normalized spacial score (nSPS) is 16.8. The van der Waals surface area contributed by atoms with E-state index >= 15 is 0 Å². The third-order valence-electron chi connectivity index (χ3n) is 1.95. The highest BCUT2D eigenvalue weighted by Gasteiger charge is 2.19. The predicted octanol–water partition coefficient (Wildman–Crippen LogP) is 1.78. The molecule has 0 aromatic heterocycles. The first-order chi connectivity index (χ1) is 6.27. The van der Waals surface area contributed by atoms with E-state index < -0.39 is 11.6 Å². The number of hydrogen-bond donors (Lipinski definition) is 1. The largest absolute Gasteiger partial charge is 0.377 e. The van der Waals surface area contributed by atoms with Gasteiger partial charge in [0.15, 0.2) is 11.6 Å². The Morgan fingerprint density at radius 1 is 1.31 bits per heavy atom. The van der Waals surface area contributed by atoms with Crippen molar-refractivity contribution in [2.75, 3.05) is 18.5 Å². The number of hydrogen-bond acceptors (Lipinski definition) is 2. The van der Waals surface area contributed by atoms with Crippen LogP contribution in [0, 0.1) is 11.6 Å². The number of nitrogens with one attached hydrogen (secondary N) is 1. The van der Waals surface area contributed by atoms with Crippen LogP contribution in [0.5, 0.6) is 0 Å². The van der Waals surface area contributed by atoms with Crippen molar-refractivity contribution >= 4 is 5.69 Å². The third-order valence-corrected chi connectivity index (χ3v) is 1.95. The zero-order valence-electron chi connectivity index (χ0n) is 6.89. The first-order valence-electron chi connectivity index (χ1n) is 4.05. The van der Waals surface area contributed by atoms with Gasteiger partial charge in [-0.15, -0.1) is 0 Å². The van der Waals surface area contributed by atoms with Gasteiger partial charge in [-0.1, -0.05) is 6.07 Å². The SMILES string of the molecule is Fc1cccc(NC2COC2)c1F. The van der Waals surface area contributed by atoms with E-state index in [-0.39, 0.29) is 11.7 Å². The molecule has 0 atom stereocenters. The molecule has 70 valence electrons. The first kappa shape index (κ1) is 8.44. The Bertz CT molecular complexity index is 312. The molecule has 1 aliphatic heterocycles.